The quantitative estimate of drug-likeness (QED) is 0.552. The number of anilines is 3. The predicted molar refractivity (Wildman–Crippen MR) is 95.6 cm³/mol. The molecule has 0 saturated heterocycles. The molecule has 1 atom stereocenters. The molecule has 0 fully saturated rings. The maximum atomic E-state index is 12.2. The van der Waals surface area contributed by atoms with E-state index in [-0.39, 0.29) is 17.5 Å². The van der Waals surface area contributed by atoms with E-state index in [1.807, 2.05) is 0 Å². The van der Waals surface area contributed by atoms with E-state index < -0.39 is 11.0 Å². The number of nitro benzene ring substituents is 1. The minimum atomic E-state index is -0.600. The van der Waals surface area contributed by atoms with Crippen LogP contribution in [0.25, 0.3) is 0 Å². The van der Waals surface area contributed by atoms with Crippen molar-refractivity contribution in [3.8, 4) is 0 Å². The molecule has 0 unspecified atom stereocenters. The molecule has 0 aliphatic heterocycles. The van der Waals surface area contributed by atoms with Crippen molar-refractivity contribution < 1.29 is 14.5 Å². The van der Waals surface area contributed by atoms with Gasteiger partial charge in [-0.3, -0.25) is 19.7 Å². The van der Waals surface area contributed by atoms with Gasteiger partial charge >= 0.3 is 0 Å². The fraction of sp³-hybridized carbons (Fsp3) is 0.176. The van der Waals surface area contributed by atoms with Gasteiger partial charge in [0.15, 0.2) is 0 Å². The van der Waals surface area contributed by atoms with E-state index >= 15 is 0 Å². The average Bonchev–Trinajstić information content (AvgIpc) is 2.56. The van der Waals surface area contributed by atoms with Crippen LogP contribution in [0.1, 0.15) is 13.8 Å². The van der Waals surface area contributed by atoms with E-state index in [4.69, 9.17) is 0 Å². The molecule has 0 radical (unpaired) electrons. The van der Waals surface area contributed by atoms with Gasteiger partial charge in [-0.15, -0.1) is 0 Å². The van der Waals surface area contributed by atoms with E-state index in [0.717, 1.165) is 0 Å². The van der Waals surface area contributed by atoms with Crippen LogP contribution < -0.4 is 16.0 Å². The number of nitro groups is 1. The highest BCUT2D eigenvalue weighted by Gasteiger charge is 2.14. The number of amides is 2. The molecule has 2 amide bonds. The number of carbonyl (C=O) groups excluding carboxylic acids is 2. The Balaban J connectivity index is 1.97. The molecule has 0 aliphatic rings. The smallest absolute Gasteiger partial charge is 0.271 e. The van der Waals surface area contributed by atoms with Crippen molar-refractivity contribution in [2.45, 2.75) is 19.9 Å². The Morgan fingerprint density at radius 2 is 1.60 bits per heavy atom. The average molecular weight is 342 g/mol. The zero-order chi connectivity index (χ0) is 18.4. The summed E-state index contributed by atoms with van der Waals surface area (Å²) in [6.45, 7) is 3.07. The molecule has 0 aliphatic carbocycles. The van der Waals surface area contributed by atoms with Crippen LogP contribution in [-0.2, 0) is 9.59 Å². The highest BCUT2D eigenvalue weighted by molar-refractivity contribution is 5.96. The predicted octanol–water partition coefficient (Wildman–Crippen LogP) is 2.99. The maximum Gasteiger partial charge on any atom is 0.271 e. The van der Waals surface area contributed by atoms with Gasteiger partial charge in [0.05, 0.1) is 4.92 Å². The first-order valence-electron chi connectivity index (χ1n) is 7.54. The van der Waals surface area contributed by atoms with Crippen LogP contribution in [0.2, 0.25) is 0 Å². The van der Waals surface area contributed by atoms with Crippen LogP contribution in [0.4, 0.5) is 22.7 Å². The topological polar surface area (TPSA) is 113 Å². The van der Waals surface area contributed by atoms with Gasteiger partial charge < -0.3 is 16.0 Å². The Hall–Kier alpha value is -3.42. The summed E-state index contributed by atoms with van der Waals surface area (Å²) in [5.41, 5.74) is 1.64. The molecule has 0 aromatic heterocycles. The third-order valence-electron chi connectivity index (χ3n) is 3.31. The van der Waals surface area contributed by atoms with E-state index in [1.165, 1.54) is 19.1 Å². The zero-order valence-corrected chi connectivity index (χ0v) is 13.8. The number of nitrogens with one attached hydrogen (secondary N) is 3. The molecule has 0 heterocycles. The summed E-state index contributed by atoms with van der Waals surface area (Å²) in [6, 6.07) is 12.0. The minimum absolute atomic E-state index is 0.0498. The number of nitrogens with zero attached hydrogens (tertiary/aromatic N) is 1. The third kappa shape index (κ3) is 5.31. The van der Waals surface area contributed by atoms with Gasteiger partial charge in [0.25, 0.3) is 5.69 Å². The normalized spacial score (nSPS) is 11.3. The van der Waals surface area contributed by atoms with Crippen molar-refractivity contribution >= 4 is 34.6 Å². The van der Waals surface area contributed by atoms with Gasteiger partial charge in [0, 0.05) is 36.1 Å². The first kappa shape index (κ1) is 17.9. The second-order valence-corrected chi connectivity index (χ2v) is 5.42. The summed E-state index contributed by atoms with van der Waals surface area (Å²) in [6.07, 6.45) is 0. The molecule has 3 N–H and O–H groups in total. The molecule has 2 aromatic carbocycles. The number of hydrogen-bond acceptors (Lipinski definition) is 5. The molecule has 130 valence electrons. The molecule has 2 rings (SSSR count). The first-order valence-corrected chi connectivity index (χ1v) is 7.54. The van der Waals surface area contributed by atoms with E-state index in [9.17, 15) is 19.7 Å². The largest absolute Gasteiger partial charge is 0.374 e. The van der Waals surface area contributed by atoms with Gasteiger partial charge in [-0.2, -0.15) is 0 Å². The monoisotopic (exact) mass is 342 g/mol. The van der Waals surface area contributed by atoms with Crippen LogP contribution in [0.3, 0.4) is 0 Å². The third-order valence-corrected chi connectivity index (χ3v) is 3.31. The van der Waals surface area contributed by atoms with Crippen LogP contribution in [0.15, 0.2) is 48.5 Å². The lowest BCUT2D eigenvalue weighted by Crippen LogP contribution is -2.31. The van der Waals surface area contributed by atoms with Crippen LogP contribution in [0.5, 0.6) is 0 Å². The van der Waals surface area contributed by atoms with Crippen molar-refractivity contribution in [3.63, 3.8) is 0 Å². The van der Waals surface area contributed by atoms with Crippen LogP contribution >= 0.6 is 0 Å². The zero-order valence-electron chi connectivity index (χ0n) is 13.8. The molecular weight excluding hydrogens is 324 g/mol. The number of benzene rings is 2. The molecule has 0 bridgehead atoms. The van der Waals surface area contributed by atoms with Crippen molar-refractivity contribution in [3.05, 3.63) is 58.6 Å². The molecule has 2 aromatic rings. The summed E-state index contributed by atoms with van der Waals surface area (Å²) in [4.78, 5) is 33.5. The number of rotatable bonds is 6. The fourth-order valence-electron chi connectivity index (χ4n) is 2.12. The van der Waals surface area contributed by atoms with Crippen LogP contribution in [0, 0.1) is 10.1 Å². The fourth-order valence-corrected chi connectivity index (χ4v) is 2.12. The second-order valence-electron chi connectivity index (χ2n) is 5.42. The van der Waals surface area contributed by atoms with Crippen molar-refractivity contribution in [1.82, 2.24) is 0 Å². The van der Waals surface area contributed by atoms with Gasteiger partial charge in [0.2, 0.25) is 11.8 Å². The lowest BCUT2D eigenvalue weighted by molar-refractivity contribution is -0.384. The molecule has 8 heteroatoms. The summed E-state index contributed by atoms with van der Waals surface area (Å²) in [5.74, 6) is -0.467. The summed E-state index contributed by atoms with van der Waals surface area (Å²) >= 11 is 0. The Morgan fingerprint density at radius 3 is 2.16 bits per heavy atom. The van der Waals surface area contributed by atoms with Gasteiger partial charge in [-0.25, -0.2) is 0 Å². The standard InChI is InChI=1S/C17H18N4O4/c1-11(18-15-4-3-5-16(10-15)21(24)25)17(23)20-14-8-6-13(7-9-14)19-12(2)22/h3-11,18H,1-2H3,(H,19,22)(H,20,23)/t11-/m1/s1. The summed E-state index contributed by atoms with van der Waals surface area (Å²) < 4.78 is 0. The SMILES string of the molecule is CC(=O)Nc1ccc(NC(=O)[C@@H](C)Nc2cccc([N+](=O)[O-])c2)cc1. The highest BCUT2D eigenvalue weighted by atomic mass is 16.6. The maximum absolute atomic E-state index is 12.2. The van der Waals surface area contributed by atoms with Crippen molar-refractivity contribution in [2.24, 2.45) is 0 Å². The summed E-state index contributed by atoms with van der Waals surface area (Å²) in [7, 11) is 0. The van der Waals surface area contributed by atoms with Crippen LogP contribution in [-0.4, -0.2) is 22.8 Å². The number of hydrogen-bond donors (Lipinski definition) is 3. The molecule has 0 spiro atoms. The molecular formula is C17H18N4O4. The molecule has 8 nitrogen and oxygen atoms in total. The van der Waals surface area contributed by atoms with Gasteiger partial charge in [0.1, 0.15) is 6.04 Å². The first-order chi connectivity index (χ1) is 11.8. The van der Waals surface area contributed by atoms with E-state index in [1.54, 1.807) is 43.3 Å². The number of non-ortho nitro benzene ring substituents is 1. The Kier molecular flexibility index (Phi) is 5.67. The second kappa shape index (κ2) is 7.91. The van der Waals surface area contributed by atoms with Crippen molar-refractivity contribution in [2.75, 3.05) is 16.0 Å². The van der Waals surface area contributed by atoms with Crippen molar-refractivity contribution in [1.29, 1.82) is 0 Å². The van der Waals surface area contributed by atoms with Gasteiger partial charge in [-0.05, 0) is 37.3 Å². The lowest BCUT2D eigenvalue weighted by Gasteiger charge is -2.15. The Labute approximate surface area is 144 Å². The van der Waals surface area contributed by atoms with Gasteiger partial charge in [-0.1, -0.05) is 6.07 Å². The van der Waals surface area contributed by atoms with E-state index in [2.05, 4.69) is 16.0 Å². The Morgan fingerprint density at radius 1 is 1.00 bits per heavy atom. The number of carbonyl (C=O) groups is 2. The highest BCUT2D eigenvalue weighted by Crippen LogP contribution is 2.18. The Bertz CT molecular complexity index is 789. The van der Waals surface area contributed by atoms with E-state index in [0.29, 0.717) is 17.1 Å². The summed E-state index contributed by atoms with van der Waals surface area (Å²) in [5, 5.41) is 19.1. The lowest BCUT2D eigenvalue weighted by atomic mass is 10.2. The minimum Gasteiger partial charge on any atom is -0.374 e. The molecule has 25 heavy (non-hydrogen) atoms. The molecule has 0 saturated carbocycles.